The molecule has 0 aliphatic heterocycles. The summed E-state index contributed by atoms with van der Waals surface area (Å²) in [6.45, 7) is 5.11. The second kappa shape index (κ2) is 9.72. The summed E-state index contributed by atoms with van der Waals surface area (Å²) in [5, 5.41) is 17.8. The molecule has 3 rings (SSSR count). The Morgan fingerprint density at radius 1 is 1.30 bits per heavy atom. The van der Waals surface area contributed by atoms with Gasteiger partial charge in [0.1, 0.15) is 11.6 Å². The first-order valence-electron chi connectivity index (χ1n) is 9.87. The Balaban J connectivity index is 1.85. The Bertz CT molecular complexity index is 964. The van der Waals surface area contributed by atoms with Gasteiger partial charge >= 0.3 is 12.1 Å². The van der Waals surface area contributed by atoms with Gasteiger partial charge in [-0.25, -0.2) is 14.6 Å². The van der Waals surface area contributed by atoms with Crippen molar-refractivity contribution in [3.63, 3.8) is 0 Å². The summed E-state index contributed by atoms with van der Waals surface area (Å²) in [6, 6.07) is 0.783. The molecule has 1 aliphatic carbocycles. The highest BCUT2D eigenvalue weighted by atomic mass is 16.2. The number of urea groups is 2. The molecule has 0 bridgehead atoms. The number of rotatable bonds is 9. The summed E-state index contributed by atoms with van der Waals surface area (Å²) in [4.78, 5) is 38.6. The molecule has 0 atom stereocenters. The summed E-state index contributed by atoms with van der Waals surface area (Å²) >= 11 is 0. The van der Waals surface area contributed by atoms with Gasteiger partial charge in [0.15, 0.2) is 5.65 Å². The van der Waals surface area contributed by atoms with Crippen LogP contribution in [0.3, 0.4) is 0 Å². The number of allylic oxidation sites excluding steroid dienone is 1. The van der Waals surface area contributed by atoms with Gasteiger partial charge in [0.2, 0.25) is 6.41 Å². The third-order valence-corrected chi connectivity index (χ3v) is 4.42. The van der Waals surface area contributed by atoms with Gasteiger partial charge in [0, 0.05) is 30.4 Å². The molecule has 0 saturated heterocycles. The summed E-state index contributed by atoms with van der Waals surface area (Å²) in [7, 11) is 0. The van der Waals surface area contributed by atoms with Crippen molar-refractivity contribution in [2.24, 2.45) is 5.92 Å². The first-order chi connectivity index (χ1) is 14.5. The van der Waals surface area contributed by atoms with E-state index in [9.17, 15) is 14.4 Å². The van der Waals surface area contributed by atoms with Crippen molar-refractivity contribution in [3.8, 4) is 0 Å². The molecule has 2 aromatic heterocycles. The lowest BCUT2D eigenvalue weighted by Gasteiger charge is -2.11. The molecule has 2 heterocycles. The zero-order chi connectivity index (χ0) is 21.5. The highest BCUT2D eigenvalue weighted by Gasteiger charge is 2.21. The second-order valence-corrected chi connectivity index (χ2v) is 7.11. The van der Waals surface area contributed by atoms with Crippen molar-refractivity contribution >= 4 is 41.8 Å². The minimum Gasteiger partial charge on any atom is -0.370 e. The zero-order valence-corrected chi connectivity index (χ0v) is 17.0. The van der Waals surface area contributed by atoms with Gasteiger partial charge in [-0.05, 0) is 38.2 Å². The SMILES string of the molecule is CCCNc1cc(NC(=O)NCC2CC2)nc2c(/C=C(/C)NC(=O)NC=O)cnn12. The van der Waals surface area contributed by atoms with Crippen LogP contribution in [0.15, 0.2) is 18.0 Å². The van der Waals surface area contributed by atoms with Crippen molar-refractivity contribution < 1.29 is 14.4 Å². The number of carbonyl (C=O) groups excluding carboxylic acids is 3. The number of nitrogens with zero attached hydrogens (tertiary/aromatic N) is 3. The van der Waals surface area contributed by atoms with Gasteiger partial charge in [0.05, 0.1) is 6.20 Å². The number of carbonyl (C=O) groups is 3. The van der Waals surface area contributed by atoms with Crippen molar-refractivity contribution in [2.45, 2.75) is 33.1 Å². The predicted octanol–water partition coefficient (Wildman–Crippen LogP) is 1.90. The lowest BCUT2D eigenvalue weighted by atomic mass is 10.2. The van der Waals surface area contributed by atoms with Gasteiger partial charge in [-0.15, -0.1) is 0 Å². The van der Waals surface area contributed by atoms with Crippen LogP contribution in [0.1, 0.15) is 38.7 Å². The van der Waals surface area contributed by atoms with Gasteiger partial charge in [-0.2, -0.15) is 9.61 Å². The molecule has 1 fully saturated rings. The van der Waals surface area contributed by atoms with E-state index in [1.165, 1.54) is 0 Å². The normalized spacial score (nSPS) is 13.6. The first-order valence-corrected chi connectivity index (χ1v) is 9.87. The highest BCUT2D eigenvalue weighted by molar-refractivity contribution is 5.89. The van der Waals surface area contributed by atoms with Crippen LogP contribution in [-0.4, -0.2) is 46.2 Å². The van der Waals surface area contributed by atoms with Gasteiger partial charge in [-0.3, -0.25) is 15.4 Å². The van der Waals surface area contributed by atoms with E-state index >= 15 is 0 Å². The van der Waals surface area contributed by atoms with Crippen molar-refractivity contribution in [2.75, 3.05) is 23.7 Å². The Morgan fingerprint density at radius 2 is 2.10 bits per heavy atom. The number of hydrogen-bond acceptors (Lipinski definition) is 6. The lowest BCUT2D eigenvalue weighted by Crippen LogP contribution is -2.33. The monoisotopic (exact) mass is 414 g/mol. The fraction of sp³-hybridized carbons (Fsp3) is 0.421. The number of anilines is 2. The minimum atomic E-state index is -0.636. The molecule has 0 unspecified atom stereocenters. The molecule has 30 heavy (non-hydrogen) atoms. The van der Waals surface area contributed by atoms with Crippen molar-refractivity contribution in [1.82, 2.24) is 30.5 Å². The molecule has 160 valence electrons. The smallest absolute Gasteiger partial charge is 0.325 e. The molecular weight excluding hydrogens is 388 g/mol. The quantitative estimate of drug-likeness (QED) is 0.397. The molecule has 1 saturated carbocycles. The van der Waals surface area contributed by atoms with E-state index < -0.39 is 6.03 Å². The Morgan fingerprint density at radius 3 is 2.80 bits per heavy atom. The largest absolute Gasteiger partial charge is 0.370 e. The third kappa shape index (κ3) is 5.69. The fourth-order valence-corrected chi connectivity index (χ4v) is 2.78. The van der Waals surface area contributed by atoms with Crippen LogP contribution in [0.4, 0.5) is 21.2 Å². The molecule has 1 aliphatic rings. The lowest BCUT2D eigenvalue weighted by molar-refractivity contribution is -0.108. The van der Waals surface area contributed by atoms with Crippen LogP contribution < -0.4 is 26.6 Å². The van der Waals surface area contributed by atoms with Crippen LogP contribution in [0.5, 0.6) is 0 Å². The van der Waals surface area contributed by atoms with E-state index in [4.69, 9.17) is 0 Å². The summed E-state index contributed by atoms with van der Waals surface area (Å²) < 4.78 is 1.63. The fourth-order valence-electron chi connectivity index (χ4n) is 2.78. The number of imide groups is 1. The van der Waals surface area contributed by atoms with E-state index in [1.807, 2.05) is 12.2 Å². The van der Waals surface area contributed by atoms with E-state index in [0.717, 1.165) is 25.8 Å². The number of hydrogen-bond donors (Lipinski definition) is 5. The number of aromatic nitrogens is 3. The molecule has 0 spiro atoms. The average Bonchev–Trinajstić information content (AvgIpc) is 3.45. The van der Waals surface area contributed by atoms with Crippen molar-refractivity contribution in [1.29, 1.82) is 0 Å². The Kier molecular flexibility index (Phi) is 6.83. The summed E-state index contributed by atoms with van der Waals surface area (Å²) in [5.41, 5.74) is 1.64. The maximum Gasteiger partial charge on any atom is 0.325 e. The van der Waals surface area contributed by atoms with Crippen molar-refractivity contribution in [3.05, 3.63) is 23.5 Å². The van der Waals surface area contributed by atoms with E-state index in [1.54, 1.807) is 29.8 Å². The minimum absolute atomic E-state index is 0.303. The number of nitrogens with one attached hydrogen (secondary N) is 5. The number of amides is 5. The molecule has 11 heteroatoms. The number of fused-ring (bicyclic) bond motifs is 1. The van der Waals surface area contributed by atoms with Crippen LogP contribution in [0, 0.1) is 5.92 Å². The Labute approximate surface area is 173 Å². The Hall–Kier alpha value is -3.63. The molecule has 2 aromatic rings. The standard InChI is InChI=1S/C19H26N8O3/c1-3-6-20-16-8-15(26-18(29)21-9-13-4-5-13)25-17-14(10-23-27(16)17)7-12(2)24-19(30)22-11-28/h7-8,10-11,13,20H,3-6,9H2,1-2H3,(H2,21,25,26,29)(H2,22,24,28,30)/b12-7-. The first kappa shape index (κ1) is 21.1. The van der Waals surface area contributed by atoms with Crippen LogP contribution in [0.25, 0.3) is 11.7 Å². The maximum absolute atomic E-state index is 12.2. The second-order valence-electron chi connectivity index (χ2n) is 7.11. The van der Waals surface area contributed by atoms with Crippen LogP contribution in [-0.2, 0) is 4.79 Å². The molecule has 0 aromatic carbocycles. The molecule has 11 nitrogen and oxygen atoms in total. The molecular formula is C19H26N8O3. The van der Waals surface area contributed by atoms with E-state index in [-0.39, 0.29) is 6.03 Å². The topological polar surface area (TPSA) is 142 Å². The molecule has 5 amide bonds. The maximum atomic E-state index is 12.2. The van der Waals surface area contributed by atoms with E-state index in [0.29, 0.717) is 47.4 Å². The molecule has 0 radical (unpaired) electrons. The summed E-state index contributed by atoms with van der Waals surface area (Å²) in [6.07, 6.45) is 6.81. The predicted molar refractivity (Wildman–Crippen MR) is 113 cm³/mol. The summed E-state index contributed by atoms with van der Waals surface area (Å²) in [5.74, 6) is 1.64. The van der Waals surface area contributed by atoms with Crippen LogP contribution in [0.2, 0.25) is 0 Å². The van der Waals surface area contributed by atoms with Gasteiger partial charge in [0.25, 0.3) is 0 Å². The third-order valence-electron chi connectivity index (χ3n) is 4.42. The average molecular weight is 414 g/mol. The highest BCUT2D eigenvalue weighted by Crippen LogP contribution is 2.27. The van der Waals surface area contributed by atoms with Gasteiger partial charge in [-0.1, -0.05) is 6.92 Å². The molecule has 5 N–H and O–H groups in total. The van der Waals surface area contributed by atoms with Crippen LogP contribution >= 0.6 is 0 Å². The van der Waals surface area contributed by atoms with E-state index in [2.05, 4.69) is 31.3 Å². The zero-order valence-electron chi connectivity index (χ0n) is 17.0. The van der Waals surface area contributed by atoms with Gasteiger partial charge < -0.3 is 16.0 Å².